The van der Waals surface area contributed by atoms with Crippen molar-refractivity contribution in [2.75, 3.05) is 14.2 Å². The van der Waals surface area contributed by atoms with E-state index in [2.05, 4.69) is 10.4 Å². The number of hydrogen-bond donors (Lipinski definition) is 1. The molecule has 0 radical (unpaired) electrons. The zero-order chi connectivity index (χ0) is 19.6. The van der Waals surface area contributed by atoms with Crippen LogP contribution in [0.1, 0.15) is 13.8 Å². The molecule has 0 bridgehead atoms. The monoisotopic (exact) mass is 370 g/mol. The van der Waals surface area contributed by atoms with Gasteiger partial charge in [0.25, 0.3) is 5.56 Å². The molecule has 8 nitrogen and oxygen atoms in total. The molecule has 0 spiro atoms. The van der Waals surface area contributed by atoms with Crippen LogP contribution in [0.2, 0.25) is 0 Å². The molecule has 0 atom stereocenters. The Labute approximate surface area is 156 Å². The van der Waals surface area contributed by atoms with Gasteiger partial charge in [-0.15, -0.1) is 0 Å². The maximum Gasteiger partial charge on any atom is 0.277 e. The number of methoxy groups -OCH3 is 2. The van der Waals surface area contributed by atoms with Gasteiger partial charge in [-0.25, -0.2) is 4.52 Å². The Morgan fingerprint density at radius 3 is 2.56 bits per heavy atom. The van der Waals surface area contributed by atoms with Gasteiger partial charge in [0.1, 0.15) is 12.1 Å². The minimum Gasteiger partial charge on any atom is -0.493 e. The largest absolute Gasteiger partial charge is 0.493 e. The second kappa shape index (κ2) is 7.53. The standard InChI is InChI=1S/C19H22N4O4/c1-12(2)20-18(24)11-22-7-8-23-15(19(22)25)10-14(21-23)13-5-6-16(26-3)17(9-13)27-4/h5-10,12H,11H2,1-4H3,(H,20,24). The first-order valence-electron chi connectivity index (χ1n) is 8.53. The summed E-state index contributed by atoms with van der Waals surface area (Å²) in [5.74, 6) is 0.981. The van der Waals surface area contributed by atoms with Crippen molar-refractivity contribution in [1.82, 2.24) is 19.5 Å². The molecule has 0 aliphatic rings. The maximum absolute atomic E-state index is 12.7. The van der Waals surface area contributed by atoms with E-state index in [9.17, 15) is 9.59 Å². The summed E-state index contributed by atoms with van der Waals surface area (Å²) in [4.78, 5) is 24.6. The third-order valence-corrected chi connectivity index (χ3v) is 4.05. The van der Waals surface area contributed by atoms with E-state index in [1.165, 1.54) is 9.08 Å². The summed E-state index contributed by atoms with van der Waals surface area (Å²) in [5, 5.41) is 7.22. The summed E-state index contributed by atoms with van der Waals surface area (Å²) in [6.45, 7) is 3.71. The third-order valence-electron chi connectivity index (χ3n) is 4.05. The Morgan fingerprint density at radius 2 is 1.89 bits per heavy atom. The summed E-state index contributed by atoms with van der Waals surface area (Å²) in [6.07, 6.45) is 3.21. The Hall–Kier alpha value is -3.29. The number of nitrogens with one attached hydrogen (secondary N) is 1. The second-order valence-electron chi connectivity index (χ2n) is 6.38. The fourth-order valence-corrected chi connectivity index (χ4v) is 2.81. The number of hydrogen-bond acceptors (Lipinski definition) is 5. The highest BCUT2D eigenvalue weighted by molar-refractivity contribution is 5.76. The van der Waals surface area contributed by atoms with Crippen molar-refractivity contribution in [1.29, 1.82) is 0 Å². The molecule has 2 heterocycles. The van der Waals surface area contributed by atoms with Crippen LogP contribution in [0.4, 0.5) is 0 Å². The number of carbonyl (C=O) groups is 1. The van der Waals surface area contributed by atoms with Crippen LogP contribution in [0.25, 0.3) is 16.8 Å². The van der Waals surface area contributed by atoms with Gasteiger partial charge in [0, 0.05) is 24.0 Å². The molecule has 3 aromatic rings. The molecular formula is C19H22N4O4. The zero-order valence-electron chi connectivity index (χ0n) is 15.7. The zero-order valence-corrected chi connectivity index (χ0v) is 15.7. The highest BCUT2D eigenvalue weighted by Crippen LogP contribution is 2.31. The van der Waals surface area contributed by atoms with Crippen LogP contribution in [0.5, 0.6) is 11.5 Å². The molecule has 3 rings (SSSR count). The summed E-state index contributed by atoms with van der Waals surface area (Å²) < 4.78 is 13.4. The van der Waals surface area contributed by atoms with Gasteiger partial charge in [-0.05, 0) is 38.1 Å². The van der Waals surface area contributed by atoms with E-state index in [0.717, 1.165) is 5.56 Å². The van der Waals surface area contributed by atoms with Crippen LogP contribution in [0, 0.1) is 0 Å². The lowest BCUT2D eigenvalue weighted by atomic mass is 10.1. The van der Waals surface area contributed by atoms with Crippen molar-refractivity contribution in [2.45, 2.75) is 26.4 Å². The highest BCUT2D eigenvalue weighted by Gasteiger charge is 2.13. The van der Waals surface area contributed by atoms with Gasteiger partial charge in [-0.3, -0.25) is 9.59 Å². The lowest BCUT2D eigenvalue weighted by molar-refractivity contribution is -0.122. The molecule has 0 saturated heterocycles. The summed E-state index contributed by atoms with van der Waals surface area (Å²) in [7, 11) is 3.13. The smallest absolute Gasteiger partial charge is 0.277 e. The first-order chi connectivity index (χ1) is 12.9. The molecule has 1 aromatic carbocycles. The third kappa shape index (κ3) is 3.79. The number of aromatic nitrogens is 3. The minimum absolute atomic E-state index is 0.0172. The van der Waals surface area contributed by atoms with Crippen molar-refractivity contribution < 1.29 is 14.3 Å². The normalized spacial score (nSPS) is 11.0. The van der Waals surface area contributed by atoms with Crippen LogP contribution >= 0.6 is 0 Å². The van der Waals surface area contributed by atoms with E-state index >= 15 is 0 Å². The lowest BCUT2D eigenvalue weighted by Crippen LogP contribution is -2.36. The molecule has 1 N–H and O–H groups in total. The van der Waals surface area contributed by atoms with Crippen molar-refractivity contribution >= 4 is 11.4 Å². The molecule has 1 amide bonds. The SMILES string of the molecule is COc1ccc(-c2cc3c(=O)n(CC(=O)NC(C)C)ccn3n2)cc1OC. The lowest BCUT2D eigenvalue weighted by Gasteiger charge is -2.09. The highest BCUT2D eigenvalue weighted by atomic mass is 16.5. The predicted molar refractivity (Wildman–Crippen MR) is 101 cm³/mol. The van der Waals surface area contributed by atoms with E-state index in [4.69, 9.17) is 9.47 Å². The molecule has 2 aromatic heterocycles. The summed E-state index contributed by atoms with van der Waals surface area (Å²) >= 11 is 0. The number of fused-ring (bicyclic) bond motifs is 1. The average molecular weight is 370 g/mol. The van der Waals surface area contributed by atoms with E-state index in [1.807, 2.05) is 19.9 Å². The van der Waals surface area contributed by atoms with Crippen molar-refractivity contribution in [3.63, 3.8) is 0 Å². The average Bonchev–Trinajstić information content (AvgIpc) is 3.08. The Bertz CT molecular complexity index is 1040. The van der Waals surface area contributed by atoms with Crippen LogP contribution < -0.4 is 20.3 Å². The van der Waals surface area contributed by atoms with Crippen LogP contribution in [0.15, 0.2) is 41.5 Å². The summed E-state index contributed by atoms with van der Waals surface area (Å²) in [6, 6.07) is 7.14. The number of ether oxygens (including phenoxy) is 2. The fraction of sp³-hybridized carbons (Fsp3) is 0.316. The Morgan fingerprint density at radius 1 is 1.15 bits per heavy atom. The maximum atomic E-state index is 12.7. The van der Waals surface area contributed by atoms with Gasteiger partial charge in [0.2, 0.25) is 5.91 Å². The molecule has 0 fully saturated rings. The van der Waals surface area contributed by atoms with Crippen LogP contribution in [-0.4, -0.2) is 40.3 Å². The summed E-state index contributed by atoms with van der Waals surface area (Å²) in [5.41, 5.74) is 1.52. The molecule has 0 aliphatic heterocycles. The van der Waals surface area contributed by atoms with E-state index in [1.54, 1.807) is 44.8 Å². The van der Waals surface area contributed by atoms with Crippen molar-refractivity contribution in [3.05, 3.63) is 47.0 Å². The predicted octanol–water partition coefficient (Wildman–Crippen LogP) is 1.70. The van der Waals surface area contributed by atoms with Gasteiger partial charge in [0.15, 0.2) is 11.5 Å². The number of carbonyl (C=O) groups excluding carboxylic acids is 1. The first kappa shape index (κ1) is 18.5. The minimum atomic E-state index is -0.282. The second-order valence-corrected chi connectivity index (χ2v) is 6.38. The fourth-order valence-electron chi connectivity index (χ4n) is 2.81. The van der Waals surface area contributed by atoms with Gasteiger partial charge in [0.05, 0.1) is 19.9 Å². The molecule has 8 heteroatoms. The van der Waals surface area contributed by atoms with E-state index < -0.39 is 0 Å². The molecule has 142 valence electrons. The van der Waals surface area contributed by atoms with Crippen molar-refractivity contribution in [2.24, 2.45) is 0 Å². The molecular weight excluding hydrogens is 348 g/mol. The van der Waals surface area contributed by atoms with Crippen LogP contribution in [-0.2, 0) is 11.3 Å². The number of nitrogens with zero attached hydrogens (tertiary/aromatic N) is 3. The Kier molecular flexibility index (Phi) is 5.16. The van der Waals surface area contributed by atoms with Gasteiger partial charge in [-0.1, -0.05) is 0 Å². The van der Waals surface area contributed by atoms with Crippen molar-refractivity contribution in [3.8, 4) is 22.8 Å². The quantitative estimate of drug-likeness (QED) is 0.714. The van der Waals surface area contributed by atoms with E-state index in [-0.39, 0.29) is 24.1 Å². The van der Waals surface area contributed by atoms with Gasteiger partial charge in [-0.2, -0.15) is 5.10 Å². The number of amides is 1. The number of benzene rings is 1. The Balaban J connectivity index is 1.97. The molecule has 0 saturated carbocycles. The number of rotatable bonds is 6. The molecule has 0 aliphatic carbocycles. The molecule has 27 heavy (non-hydrogen) atoms. The molecule has 0 unspecified atom stereocenters. The van der Waals surface area contributed by atoms with Gasteiger partial charge < -0.3 is 19.4 Å². The van der Waals surface area contributed by atoms with Gasteiger partial charge >= 0.3 is 0 Å². The van der Waals surface area contributed by atoms with Crippen LogP contribution in [0.3, 0.4) is 0 Å². The van der Waals surface area contributed by atoms with E-state index in [0.29, 0.717) is 22.7 Å². The topological polar surface area (TPSA) is 86.9 Å². The first-order valence-corrected chi connectivity index (χ1v) is 8.53.